The lowest BCUT2D eigenvalue weighted by molar-refractivity contribution is -0.131. The molecule has 1 heterocycles. The van der Waals surface area contributed by atoms with Crippen molar-refractivity contribution in [1.82, 2.24) is 4.90 Å². The van der Waals surface area contributed by atoms with E-state index >= 15 is 0 Å². The van der Waals surface area contributed by atoms with Crippen LogP contribution in [0.3, 0.4) is 0 Å². The highest BCUT2D eigenvalue weighted by Gasteiger charge is 2.44. The summed E-state index contributed by atoms with van der Waals surface area (Å²) in [7, 11) is 0. The summed E-state index contributed by atoms with van der Waals surface area (Å²) in [4.78, 5) is 27.5. The Balaban J connectivity index is 1.60. The smallest absolute Gasteiger partial charge is 0.417 e. The molecule has 1 saturated heterocycles. The largest absolute Gasteiger partial charge is 0.446 e. The highest BCUT2D eigenvalue weighted by molar-refractivity contribution is 6.30. The first-order valence-corrected chi connectivity index (χ1v) is 12.0. The van der Waals surface area contributed by atoms with Gasteiger partial charge in [-0.1, -0.05) is 54.1 Å². The zero-order valence-corrected chi connectivity index (χ0v) is 19.6. The number of imide groups is 1. The van der Waals surface area contributed by atoms with E-state index in [4.69, 9.17) is 26.8 Å². The van der Waals surface area contributed by atoms with Crippen LogP contribution < -0.4 is 5.73 Å². The first-order valence-electron chi connectivity index (χ1n) is 11.7. The Morgan fingerprint density at radius 1 is 1.12 bits per heavy atom. The standard InChI is InChI=1S/C26H31ClN2O4/c1-2-32-21-14-10-19(11-15-21)23(18-8-12-20(27)13-9-18)24(28)25(30)29-22(16-33-26(29)31)17-6-4-3-5-7-17/h3-9,12-13,19,21-24H,2,10-11,14-16,28H2,1H3/t19-,21-,22-,23+,24+/m1/s1. The third kappa shape index (κ3) is 5.24. The van der Waals surface area contributed by atoms with Gasteiger partial charge in [0.05, 0.1) is 12.1 Å². The summed E-state index contributed by atoms with van der Waals surface area (Å²) in [6, 6.07) is 15.6. The Hall–Kier alpha value is -2.41. The molecule has 7 heteroatoms. The molecule has 3 atom stereocenters. The van der Waals surface area contributed by atoms with Gasteiger partial charge in [0.2, 0.25) is 5.91 Å². The predicted octanol–water partition coefficient (Wildman–Crippen LogP) is 5.07. The second-order valence-corrected chi connectivity index (χ2v) is 9.24. The van der Waals surface area contributed by atoms with Gasteiger partial charge in [0, 0.05) is 17.5 Å². The van der Waals surface area contributed by atoms with E-state index in [1.807, 2.05) is 61.5 Å². The fourth-order valence-corrected chi connectivity index (χ4v) is 5.33. The Kier molecular flexibility index (Phi) is 7.68. The third-order valence-corrected chi connectivity index (χ3v) is 7.10. The van der Waals surface area contributed by atoms with Crippen LogP contribution in [0.15, 0.2) is 54.6 Å². The molecule has 1 saturated carbocycles. The van der Waals surface area contributed by atoms with E-state index in [1.165, 1.54) is 4.90 Å². The molecule has 2 aromatic carbocycles. The number of halogens is 1. The van der Waals surface area contributed by atoms with Crippen LogP contribution in [0.1, 0.15) is 55.7 Å². The maximum absolute atomic E-state index is 13.7. The van der Waals surface area contributed by atoms with Gasteiger partial charge in [0.1, 0.15) is 12.6 Å². The number of hydrogen-bond donors (Lipinski definition) is 1. The van der Waals surface area contributed by atoms with Gasteiger partial charge >= 0.3 is 6.09 Å². The van der Waals surface area contributed by atoms with Crippen LogP contribution in [-0.2, 0) is 14.3 Å². The lowest BCUT2D eigenvalue weighted by Gasteiger charge is -2.37. The van der Waals surface area contributed by atoms with E-state index in [9.17, 15) is 9.59 Å². The topological polar surface area (TPSA) is 81.9 Å². The number of amides is 2. The SMILES string of the molecule is CCO[C@H]1CC[C@H]([C@H](c2ccc(Cl)cc2)[C@H](N)C(=O)N2C(=O)OC[C@@H]2c2ccccc2)CC1. The van der Waals surface area contributed by atoms with Gasteiger partial charge in [-0.3, -0.25) is 4.79 Å². The van der Waals surface area contributed by atoms with Crippen molar-refractivity contribution in [3.63, 3.8) is 0 Å². The van der Waals surface area contributed by atoms with Crippen LogP contribution in [0.4, 0.5) is 4.79 Å². The molecule has 1 aliphatic heterocycles. The summed E-state index contributed by atoms with van der Waals surface area (Å²) < 4.78 is 11.1. The summed E-state index contributed by atoms with van der Waals surface area (Å²) >= 11 is 6.12. The molecule has 2 amide bonds. The quantitative estimate of drug-likeness (QED) is 0.611. The average molecular weight is 471 g/mol. The van der Waals surface area contributed by atoms with Crippen molar-refractivity contribution in [1.29, 1.82) is 0 Å². The highest BCUT2D eigenvalue weighted by atomic mass is 35.5. The number of carbonyl (C=O) groups excluding carboxylic acids is 2. The van der Waals surface area contributed by atoms with E-state index < -0.39 is 24.1 Å². The monoisotopic (exact) mass is 470 g/mol. The van der Waals surface area contributed by atoms with E-state index in [2.05, 4.69) is 0 Å². The maximum atomic E-state index is 13.7. The number of nitrogens with zero attached hydrogens (tertiary/aromatic N) is 1. The number of rotatable bonds is 7. The summed E-state index contributed by atoms with van der Waals surface area (Å²) in [5.41, 5.74) is 8.49. The number of carbonyl (C=O) groups is 2. The van der Waals surface area contributed by atoms with Crippen LogP contribution in [0.2, 0.25) is 5.02 Å². The van der Waals surface area contributed by atoms with Crippen molar-refractivity contribution in [3.8, 4) is 0 Å². The number of ether oxygens (including phenoxy) is 2. The van der Waals surface area contributed by atoms with Crippen LogP contribution in [-0.4, -0.2) is 42.3 Å². The van der Waals surface area contributed by atoms with Crippen molar-refractivity contribution in [2.75, 3.05) is 13.2 Å². The van der Waals surface area contributed by atoms with Crippen LogP contribution in [0.25, 0.3) is 0 Å². The first kappa shape index (κ1) is 23.7. The Labute approximate surface area is 200 Å². The van der Waals surface area contributed by atoms with Crippen molar-refractivity contribution in [2.24, 2.45) is 11.7 Å². The lowest BCUT2D eigenvalue weighted by atomic mass is 9.72. The predicted molar refractivity (Wildman–Crippen MR) is 127 cm³/mol. The molecule has 2 fully saturated rings. The van der Waals surface area contributed by atoms with Crippen molar-refractivity contribution >= 4 is 23.6 Å². The molecule has 33 heavy (non-hydrogen) atoms. The maximum Gasteiger partial charge on any atom is 0.417 e. The van der Waals surface area contributed by atoms with E-state index in [1.54, 1.807) is 0 Å². The second kappa shape index (κ2) is 10.7. The fourth-order valence-electron chi connectivity index (χ4n) is 5.21. The molecule has 2 aliphatic rings. The number of hydrogen-bond acceptors (Lipinski definition) is 5. The lowest BCUT2D eigenvalue weighted by Crippen LogP contribution is -2.50. The van der Waals surface area contributed by atoms with Crippen LogP contribution in [0.5, 0.6) is 0 Å². The van der Waals surface area contributed by atoms with Gasteiger partial charge in [0.25, 0.3) is 0 Å². The zero-order valence-electron chi connectivity index (χ0n) is 18.9. The molecular weight excluding hydrogens is 440 g/mol. The Morgan fingerprint density at radius 2 is 1.79 bits per heavy atom. The van der Waals surface area contributed by atoms with Gasteiger partial charge in [-0.25, -0.2) is 9.69 Å². The highest BCUT2D eigenvalue weighted by Crippen LogP contribution is 2.40. The average Bonchev–Trinajstić information content (AvgIpc) is 3.23. The van der Waals surface area contributed by atoms with Crippen LogP contribution in [0, 0.1) is 5.92 Å². The number of nitrogens with two attached hydrogens (primary N) is 1. The van der Waals surface area contributed by atoms with E-state index in [-0.39, 0.29) is 24.5 Å². The number of cyclic esters (lactones) is 1. The minimum absolute atomic E-state index is 0.131. The van der Waals surface area contributed by atoms with Crippen LogP contribution >= 0.6 is 11.6 Å². The van der Waals surface area contributed by atoms with Crippen molar-refractivity contribution in [2.45, 2.75) is 56.7 Å². The molecule has 4 rings (SSSR count). The van der Waals surface area contributed by atoms with Gasteiger partial charge in [-0.2, -0.15) is 0 Å². The normalized spacial score (nSPS) is 24.9. The molecule has 0 unspecified atom stereocenters. The number of benzene rings is 2. The molecule has 176 valence electrons. The minimum atomic E-state index is -0.878. The van der Waals surface area contributed by atoms with Gasteiger partial charge in [0.15, 0.2) is 0 Å². The summed E-state index contributed by atoms with van der Waals surface area (Å²) in [6.07, 6.45) is 3.29. The molecule has 0 aromatic heterocycles. The van der Waals surface area contributed by atoms with Gasteiger partial charge in [-0.05, 0) is 61.8 Å². The van der Waals surface area contributed by atoms with E-state index in [0.29, 0.717) is 11.6 Å². The summed E-state index contributed by atoms with van der Waals surface area (Å²) in [5, 5.41) is 0.629. The van der Waals surface area contributed by atoms with Crippen molar-refractivity contribution in [3.05, 3.63) is 70.7 Å². The summed E-state index contributed by atoms with van der Waals surface area (Å²) in [6.45, 7) is 2.84. The zero-order chi connectivity index (χ0) is 23.4. The molecule has 2 N–H and O–H groups in total. The van der Waals surface area contributed by atoms with Gasteiger partial charge in [-0.15, -0.1) is 0 Å². The molecule has 0 bridgehead atoms. The molecule has 6 nitrogen and oxygen atoms in total. The molecule has 2 aromatic rings. The first-order chi connectivity index (χ1) is 16.0. The summed E-state index contributed by atoms with van der Waals surface area (Å²) in [5.74, 6) is -0.434. The molecule has 0 spiro atoms. The van der Waals surface area contributed by atoms with E-state index in [0.717, 1.165) is 36.8 Å². The third-order valence-electron chi connectivity index (χ3n) is 6.85. The minimum Gasteiger partial charge on any atom is -0.446 e. The van der Waals surface area contributed by atoms with Gasteiger partial charge < -0.3 is 15.2 Å². The fraction of sp³-hybridized carbons (Fsp3) is 0.462. The Bertz CT molecular complexity index is 945. The second-order valence-electron chi connectivity index (χ2n) is 8.81. The molecule has 0 radical (unpaired) electrons. The van der Waals surface area contributed by atoms with Crippen molar-refractivity contribution < 1.29 is 19.1 Å². The Morgan fingerprint density at radius 3 is 2.42 bits per heavy atom. The molecular formula is C26H31ClN2O4. The molecule has 1 aliphatic carbocycles.